The Bertz CT molecular complexity index is 915. The highest BCUT2D eigenvalue weighted by Crippen LogP contribution is 2.40. The first-order chi connectivity index (χ1) is 15.5. The highest BCUT2D eigenvalue weighted by Gasteiger charge is 2.37. The number of halogens is 2. The van der Waals surface area contributed by atoms with E-state index in [2.05, 4.69) is 33.4 Å². The molecule has 0 aliphatic carbocycles. The lowest BCUT2D eigenvalue weighted by Gasteiger charge is -2.39. The predicted octanol–water partition coefficient (Wildman–Crippen LogP) is 4.02. The molecule has 2 aromatic rings. The summed E-state index contributed by atoms with van der Waals surface area (Å²) in [5, 5.41) is 6.62. The number of guanidine groups is 1. The second-order valence-electron chi connectivity index (χ2n) is 7.86. The van der Waals surface area contributed by atoms with Crippen molar-refractivity contribution in [3.05, 3.63) is 59.2 Å². The minimum absolute atomic E-state index is 0.149. The molecule has 0 amide bonds. The second-order valence-corrected chi connectivity index (χ2v) is 7.86. The fourth-order valence-corrected chi connectivity index (χ4v) is 4.05. The average Bonchev–Trinajstić information content (AvgIpc) is 2.80. The number of alkyl halides is 2. The number of hydrogen-bond donors (Lipinski definition) is 2. The van der Waals surface area contributed by atoms with Crippen LogP contribution < -0.4 is 20.1 Å². The van der Waals surface area contributed by atoms with Crippen LogP contribution in [0, 0.1) is 6.92 Å². The van der Waals surface area contributed by atoms with E-state index in [1.54, 1.807) is 32.4 Å². The number of rotatable bonds is 8. The maximum absolute atomic E-state index is 12.7. The zero-order valence-electron chi connectivity index (χ0n) is 18.8. The number of methoxy groups -OCH3 is 1. The summed E-state index contributed by atoms with van der Waals surface area (Å²) in [5.74, 6) is 1.59. The molecular formula is C24H31F2N3O3. The van der Waals surface area contributed by atoms with E-state index in [1.165, 1.54) is 11.6 Å². The molecule has 1 fully saturated rings. The first kappa shape index (κ1) is 23.8. The number of aryl methyl sites for hydroxylation is 1. The fourth-order valence-electron chi connectivity index (χ4n) is 4.05. The topological polar surface area (TPSA) is 64.1 Å². The highest BCUT2D eigenvalue weighted by molar-refractivity contribution is 5.79. The minimum Gasteiger partial charge on any atom is -0.496 e. The number of para-hydroxylation sites is 1. The van der Waals surface area contributed by atoms with Gasteiger partial charge >= 0.3 is 6.61 Å². The van der Waals surface area contributed by atoms with Gasteiger partial charge in [-0.05, 0) is 31.9 Å². The van der Waals surface area contributed by atoms with E-state index in [0.29, 0.717) is 37.8 Å². The van der Waals surface area contributed by atoms with E-state index in [-0.39, 0.29) is 11.2 Å². The monoisotopic (exact) mass is 447 g/mol. The van der Waals surface area contributed by atoms with Crippen molar-refractivity contribution in [2.24, 2.45) is 4.99 Å². The molecule has 3 rings (SSSR count). The third-order valence-electron chi connectivity index (χ3n) is 5.83. The lowest BCUT2D eigenvalue weighted by molar-refractivity contribution is -0.0504. The molecule has 0 atom stereocenters. The molecule has 0 radical (unpaired) electrons. The lowest BCUT2D eigenvalue weighted by atomic mass is 9.73. The Morgan fingerprint density at radius 2 is 1.88 bits per heavy atom. The van der Waals surface area contributed by atoms with Crippen LogP contribution >= 0.6 is 0 Å². The van der Waals surface area contributed by atoms with Gasteiger partial charge in [0.25, 0.3) is 0 Å². The molecule has 0 unspecified atom stereocenters. The quantitative estimate of drug-likeness (QED) is 0.473. The Morgan fingerprint density at radius 3 is 2.56 bits per heavy atom. The Hall–Kier alpha value is -2.87. The Morgan fingerprint density at radius 1 is 1.12 bits per heavy atom. The third kappa shape index (κ3) is 5.88. The lowest BCUT2D eigenvalue weighted by Crippen LogP contribution is -2.48. The minimum atomic E-state index is -2.87. The van der Waals surface area contributed by atoms with Gasteiger partial charge < -0.3 is 24.8 Å². The molecule has 6 nitrogen and oxygen atoms in total. The summed E-state index contributed by atoms with van der Waals surface area (Å²) in [6, 6.07) is 13.0. The summed E-state index contributed by atoms with van der Waals surface area (Å²) < 4.78 is 41.3. The van der Waals surface area contributed by atoms with Crippen LogP contribution in [-0.2, 0) is 16.7 Å². The molecule has 1 heterocycles. The molecule has 1 saturated heterocycles. The fraction of sp³-hybridized carbons (Fsp3) is 0.458. The molecule has 174 valence electrons. The molecule has 0 bridgehead atoms. The van der Waals surface area contributed by atoms with Gasteiger partial charge in [0, 0.05) is 49.9 Å². The third-order valence-corrected chi connectivity index (χ3v) is 5.83. The van der Waals surface area contributed by atoms with E-state index in [1.807, 2.05) is 12.1 Å². The van der Waals surface area contributed by atoms with Gasteiger partial charge in [0.15, 0.2) is 5.96 Å². The molecule has 0 saturated carbocycles. The van der Waals surface area contributed by atoms with Gasteiger partial charge in [0.05, 0.1) is 7.11 Å². The number of hydrogen-bond acceptors (Lipinski definition) is 4. The van der Waals surface area contributed by atoms with Gasteiger partial charge in [0.1, 0.15) is 11.5 Å². The van der Waals surface area contributed by atoms with Gasteiger partial charge in [-0.3, -0.25) is 4.99 Å². The maximum Gasteiger partial charge on any atom is 0.387 e. The van der Waals surface area contributed by atoms with Crippen molar-refractivity contribution >= 4 is 5.96 Å². The standard InChI is InChI=1S/C24H31F2N3O3/c1-17-8-9-21(30-3)19(14-17)24(10-12-31-13-11-24)16-29-23(27-2)28-15-18-6-4-5-7-20(18)32-22(25)26/h4-9,14,22H,10-13,15-16H2,1-3H3,(H2,27,28,29). The first-order valence-electron chi connectivity index (χ1n) is 10.7. The number of benzene rings is 2. The summed E-state index contributed by atoms with van der Waals surface area (Å²) in [6.45, 7) is 1.47. The highest BCUT2D eigenvalue weighted by atomic mass is 19.3. The average molecular weight is 448 g/mol. The molecule has 2 aromatic carbocycles. The van der Waals surface area contributed by atoms with Gasteiger partial charge in [-0.2, -0.15) is 8.78 Å². The molecule has 0 aromatic heterocycles. The van der Waals surface area contributed by atoms with E-state index < -0.39 is 6.61 Å². The van der Waals surface area contributed by atoms with E-state index >= 15 is 0 Å². The van der Waals surface area contributed by atoms with Crippen molar-refractivity contribution in [1.29, 1.82) is 0 Å². The number of nitrogens with one attached hydrogen (secondary N) is 2. The molecule has 0 spiro atoms. The van der Waals surface area contributed by atoms with Crippen LogP contribution in [-0.4, -0.2) is 46.5 Å². The first-order valence-corrected chi connectivity index (χ1v) is 10.7. The number of aliphatic imine (C=N–C) groups is 1. The SMILES string of the molecule is CN=C(NCc1ccccc1OC(F)F)NCC1(c2cc(C)ccc2OC)CCOCC1. The largest absolute Gasteiger partial charge is 0.496 e. The summed E-state index contributed by atoms with van der Waals surface area (Å²) in [5.41, 5.74) is 2.77. The van der Waals surface area contributed by atoms with Crippen LogP contribution in [0.5, 0.6) is 11.5 Å². The van der Waals surface area contributed by atoms with Crippen molar-refractivity contribution in [3.8, 4) is 11.5 Å². The molecular weight excluding hydrogens is 416 g/mol. The van der Waals surface area contributed by atoms with E-state index in [9.17, 15) is 8.78 Å². The maximum atomic E-state index is 12.7. The van der Waals surface area contributed by atoms with Crippen LogP contribution in [0.2, 0.25) is 0 Å². The van der Waals surface area contributed by atoms with Gasteiger partial charge in [0.2, 0.25) is 0 Å². The Labute approximate surface area is 188 Å². The Balaban J connectivity index is 1.73. The number of ether oxygens (including phenoxy) is 3. The van der Waals surface area contributed by atoms with Crippen molar-refractivity contribution in [3.63, 3.8) is 0 Å². The molecule has 2 N–H and O–H groups in total. The predicted molar refractivity (Wildman–Crippen MR) is 121 cm³/mol. The van der Waals surface area contributed by atoms with Crippen LogP contribution in [0.3, 0.4) is 0 Å². The second kappa shape index (κ2) is 11.1. The van der Waals surface area contributed by atoms with Crippen molar-refractivity contribution in [2.75, 3.05) is 33.9 Å². The zero-order valence-corrected chi connectivity index (χ0v) is 18.8. The van der Waals surface area contributed by atoms with E-state index in [0.717, 1.165) is 24.2 Å². The van der Waals surface area contributed by atoms with Gasteiger partial charge in [-0.25, -0.2) is 0 Å². The molecule has 1 aliphatic heterocycles. The van der Waals surface area contributed by atoms with Gasteiger partial charge in [-0.1, -0.05) is 35.9 Å². The van der Waals surface area contributed by atoms with Crippen molar-refractivity contribution < 1.29 is 23.0 Å². The number of nitrogens with zero attached hydrogens (tertiary/aromatic N) is 1. The van der Waals surface area contributed by atoms with Crippen molar-refractivity contribution in [2.45, 2.75) is 38.3 Å². The van der Waals surface area contributed by atoms with Crippen LogP contribution in [0.15, 0.2) is 47.5 Å². The smallest absolute Gasteiger partial charge is 0.387 e. The molecule has 32 heavy (non-hydrogen) atoms. The van der Waals surface area contributed by atoms with Crippen molar-refractivity contribution in [1.82, 2.24) is 10.6 Å². The summed E-state index contributed by atoms with van der Waals surface area (Å²) >= 11 is 0. The van der Waals surface area contributed by atoms with Crippen LogP contribution in [0.25, 0.3) is 0 Å². The normalized spacial score (nSPS) is 16.0. The van der Waals surface area contributed by atoms with Crippen LogP contribution in [0.1, 0.15) is 29.5 Å². The Kier molecular flexibility index (Phi) is 8.27. The summed E-state index contributed by atoms with van der Waals surface area (Å²) in [7, 11) is 3.37. The summed E-state index contributed by atoms with van der Waals surface area (Å²) in [4.78, 5) is 4.31. The molecule has 1 aliphatic rings. The summed E-state index contributed by atoms with van der Waals surface area (Å²) in [6.07, 6.45) is 1.70. The zero-order chi connectivity index (χ0) is 23.0. The molecule has 8 heteroatoms. The van der Waals surface area contributed by atoms with Crippen LogP contribution in [0.4, 0.5) is 8.78 Å². The van der Waals surface area contributed by atoms with E-state index in [4.69, 9.17) is 9.47 Å². The van der Waals surface area contributed by atoms with Gasteiger partial charge in [-0.15, -0.1) is 0 Å².